The summed E-state index contributed by atoms with van der Waals surface area (Å²) in [4.78, 5) is 12.0. The first-order chi connectivity index (χ1) is 9.84. The van der Waals surface area contributed by atoms with Gasteiger partial charge < -0.3 is 15.2 Å². The second-order valence-electron chi connectivity index (χ2n) is 6.42. The summed E-state index contributed by atoms with van der Waals surface area (Å²) in [6.07, 6.45) is 0.605. The Morgan fingerprint density at radius 2 is 2.14 bits per heavy atom. The third-order valence-corrected chi connectivity index (χ3v) is 3.52. The average Bonchev–Trinajstić information content (AvgIpc) is 3.15. The van der Waals surface area contributed by atoms with Gasteiger partial charge in [-0.05, 0) is 57.2 Å². The fourth-order valence-corrected chi connectivity index (χ4v) is 2.40. The van der Waals surface area contributed by atoms with Crippen molar-refractivity contribution in [2.75, 3.05) is 19.0 Å². The van der Waals surface area contributed by atoms with E-state index < -0.39 is 11.7 Å². The van der Waals surface area contributed by atoms with Crippen molar-refractivity contribution in [1.82, 2.24) is 0 Å². The van der Waals surface area contributed by atoms with Gasteiger partial charge in [-0.25, -0.2) is 4.79 Å². The molecule has 0 heterocycles. The molecule has 116 valence electrons. The van der Waals surface area contributed by atoms with Gasteiger partial charge in [0.15, 0.2) is 0 Å². The number of rotatable bonds is 4. The molecule has 3 N–H and O–H groups in total. The van der Waals surface area contributed by atoms with E-state index in [1.54, 1.807) is 7.11 Å². The van der Waals surface area contributed by atoms with E-state index >= 15 is 0 Å². The van der Waals surface area contributed by atoms with Gasteiger partial charge in [0.25, 0.3) is 0 Å². The number of carbonyl (C=O) groups excluding carboxylic acids is 1. The summed E-state index contributed by atoms with van der Waals surface area (Å²) in [5, 5.41) is 2.83. The molecule has 1 aliphatic carbocycles. The third-order valence-electron chi connectivity index (χ3n) is 3.52. The number of anilines is 1. The molecule has 1 saturated carbocycles. The second kappa shape index (κ2) is 5.93. The van der Waals surface area contributed by atoms with Gasteiger partial charge in [-0.1, -0.05) is 6.07 Å². The third kappa shape index (κ3) is 4.11. The van der Waals surface area contributed by atoms with Gasteiger partial charge in [0, 0.05) is 6.07 Å². The molecule has 2 atom stereocenters. The van der Waals surface area contributed by atoms with Crippen LogP contribution in [0, 0.1) is 5.92 Å². The molecule has 0 saturated heterocycles. The SMILES string of the molecule is COc1ccc([C@@H]2C[C@H]2CN)c(NC(=O)OC(C)(C)C)c1. The molecule has 0 unspecified atom stereocenters. The zero-order valence-corrected chi connectivity index (χ0v) is 13.1. The molecular formula is C16H24N2O3. The van der Waals surface area contributed by atoms with Crippen LogP contribution in [0.15, 0.2) is 18.2 Å². The molecule has 0 bridgehead atoms. The van der Waals surface area contributed by atoms with E-state index in [0.717, 1.165) is 17.7 Å². The number of hydrogen-bond donors (Lipinski definition) is 2. The van der Waals surface area contributed by atoms with Crippen LogP contribution in [-0.4, -0.2) is 25.3 Å². The quantitative estimate of drug-likeness (QED) is 0.894. The smallest absolute Gasteiger partial charge is 0.412 e. The Balaban J connectivity index is 2.17. The Morgan fingerprint density at radius 1 is 1.43 bits per heavy atom. The Kier molecular flexibility index (Phi) is 4.42. The van der Waals surface area contributed by atoms with Gasteiger partial charge in [0.05, 0.1) is 12.8 Å². The Hall–Kier alpha value is -1.75. The highest BCUT2D eigenvalue weighted by molar-refractivity contribution is 5.86. The minimum atomic E-state index is -0.525. The zero-order chi connectivity index (χ0) is 15.6. The molecule has 5 nitrogen and oxygen atoms in total. The van der Waals surface area contributed by atoms with Gasteiger partial charge in [0.2, 0.25) is 0 Å². The van der Waals surface area contributed by atoms with E-state index in [-0.39, 0.29) is 0 Å². The van der Waals surface area contributed by atoms with Crippen molar-refractivity contribution in [3.63, 3.8) is 0 Å². The van der Waals surface area contributed by atoms with E-state index in [4.69, 9.17) is 15.2 Å². The molecule has 0 spiro atoms. The number of hydrogen-bond acceptors (Lipinski definition) is 4. The van der Waals surface area contributed by atoms with E-state index in [2.05, 4.69) is 5.32 Å². The lowest BCUT2D eigenvalue weighted by Crippen LogP contribution is -2.27. The van der Waals surface area contributed by atoms with Crippen molar-refractivity contribution in [2.24, 2.45) is 11.7 Å². The Morgan fingerprint density at radius 3 is 2.67 bits per heavy atom. The molecule has 0 aromatic heterocycles. The summed E-state index contributed by atoms with van der Waals surface area (Å²) in [5.74, 6) is 1.61. The molecule has 1 aromatic carbocycles. The number of carbonyl (C=O) groups is 1. The van der Waals surface area contributed by atoms with Crippen LogP contribution in [-0.2, 0) is 4.74 Å². The van der Waals surface area contributed by atoms with Crippen LogP contribution >= 0.6 is 0 Å². The fraction of sp³-hybridized carbons (Fsp3) is 0.562. The maximum absolute atomic E-state index is 12.0. The standard InChI is InChI=1S/C16H24N2O3/c1-16(2,3)21-15(19)18-14-8-11(20-4)5-6-12(14)13-7-10(13)9-17/h5-6,8,10,13H,7,9,17H2,1-4H3,(H,18,19)/t10-,13+/m0/s1. The first-order valence-corrected chi connectivity index (χ1v) is 7.22. The zero-order valence-electron chi connectivity index (χ0n) is 13.1. The van der Waals surface area contributed by atoms with E-state index in [1.165, 1.54) is 0 Å². The lowest BCUT2D eigenvalue weighted by Gasteiger charge is -2.20. The van der Waals surface area contributed by atoms with Crippen LogP contribution in [0.5, 0.6) is 5.75 Å². The van der Waals surface area contributed by atoms with Crippen molar-refractivity contribution in [3.05, 3.63) is 23.8 Å². The Labute approximate surface area is 125 Å². The summed E-state index contributed by atoms with van der Waals surface area (Å²) in [6.45, 7) is 6.18. The lowest BCUT2D eigenvalue weighted by molar-refractivity contribution is 0.0636. The van der Waals surface area contributed by atoms with Crippen molar-refractivity contribution < 1.29 is 14.3 Å². The summed E-state index contributed by atoms with van der Waals surface area (Å²) in [6, 6.07) is 5.72. The molecule has 21 heavy (non-hydrogen) atoms. The molecule has 1 aromatic rings. The van der Waals surface area contributed by atoms with Crippen LogP contribution in [0.4, 0.5) is 10.5 Å². The predicted molar refractivity (Wildman–Crippen MR) is 82.8 cm³/mol. The fourth-order valence-electron chi connectivity index (χ4n) is 2.40. The van der Waals surface area contributed by atoms with E-state index in [1.807, 2.05) is 39.0 Å². The van der Waals surface area contributed by atoms with Crippen molar-refractivity contribution in [1.29, 1.82) is 0 Å². The first kappa shape index (κ1) is 15.6. The second-order valence-corrected chi connectivity index (χ2v) is 6.42. The van der Waals surface area contributed by atoms with E-state index in [9.17, 15) is 4.79 Å². The normalized spacial score (nSPS) is 20.8. The number of ether oxygens (including phenoxy) is 2. The monoisotopic (exact) mass is 292 g/mol. The van der Waals surface area contributed by atoms with Crippen LogP contribution in [0.3, 0.4) is 0 Å². The number of nitrogens with two attached hydrogens (primary N) is 1. The highest BCUT2D eigenvalue weighted by Crippen LogP contribution is 2.49. The summed E-state index contributed by atoms with van der Waals surface area (Å²) >= 11 is 0. The van der Waals surface area contributed by atoms with E-state index in [0.29, 0.717) is 24.1 Å². The lowest BCUT2D eigenvalue weighted by atomic mass is 10.1. The summed E-state index contributed by atoms with van der Waals surface area (Å²) in [7, 11) is 1.60. The van der Waals surface area contributed by atoms with Gasteiger partial charge in [-0.2, -0.15) is 0 Å². The largest absolute Gasteiger partial charge is 0.497 e. The number of nitrogens with one attached hydrogen (secondary N) is 1. The minimum Gasteiger partial charge on any atom is -0.497 e. The first-order valence-electron chi connectivity index (χ1n) is 7.22. The minimum absolute atomic E-state index is 0.408. The van der Waals surface area contributed by atoms with Crippen LogP contribution < -0.4 is 15.8 Å². The van der Waals surface area contributed by atoms with Crippen molar-refractivity contribution >= 4 is 11.8 Å². The van der Waals surface area contributed by atoms with Crippen LogP contribution in [0.1, 0.15) is 38.7 Å². The van der Waals surface area contributed by atoms with Crippen LogP contribution in [0.25, 0.3) is 0 Å². The molecular weight excluding hydrogens is 268 g/mol. The molecule has 0 radical (unpaired) electrons. The van der Waals surface area contributed by atoms with Crippen molar-refractivity contribution in [2.45, 2.75) is 38.7 Å². The molecule has 0 aliphatic heterocycles. The van der Waals surface area contributed by atoms with Gasteiger partial charge in [0.1, 0.15) is 11.4 Å². The molecule has 2 rings (SSSR count). The van der Waals surface area contributed by atoms with Crippen molar-refractivity contribution in [3.8, 4) is 5.75 Å². The molecule has 1 amide bonds. The summed E-state index contributed by atoms with van der Waals surface area (Å²) in [5.41, 5.74) is 7.03. The maximum atomic E-state index is 12.0. The number of amides is 1. The molecule has 5 heteroatoms. The number of methoxy groups -OCH3 is 1. The number of benzene rings is 1. The van der Waals surface area contributed by atoms with Gasteiger partial charge in [-0.3, -0.25) is 5.32 Å². The van der Waals surface area contributed by atoms with Gasteiger partial charge in [-0.15, -0.1) is 0 Å². The average molecular weight is 292 g/mol. The molecule has 1 fully saturated rings. The highest BCUT2D eigenvalue weighted by Gasteiger charge is 2.38. The maximum Gasteiger partial charge on any atom is 0.412 e. The Bertz CT molecular complexity index is 523. The topological polar surface area (TPSA) is 73.6 Å². The summed E-state index contributed by atoms with van der Waals surface area (Å²) < 4.78 is 10.5. The van der Waals surface area contributed by atoms with Gasteiger partial charge >= 0.3 is 6.09 Å². The molecule has 1 aliphatic rings. The predicted octanol–water partition coefficient (Wildman–Crippen LogP) is 3.10. The van der Waals surface area contributed by atoms with Crippen LogP contribution in [0.2, 0.25) is 0 Å². The highest BCUT2D eigenvalue weighted by atomic mass is 16.6.